The Balaban J connectivity index is 2.73. The predicted molar refractivity (Wildman–Crippen MR) is 70.6 cm³/mol. The molecule has 0 unspecified atom stereocenters. The van der Waals surface area contributed by atoms with Crippen molar-refractivity contribution in [2.75, 3.05) is 30.9 Å². The van der Waals surface area contributed by atoms with Gasteiger partial charge in [-0.15, -0.1) is 0 Å². The van der Waals surface area contributed by atoms with Crippen LogP contribution in [0.15, 0.2) is 12.3 Å². The molecule has 0 fully saturated rings. The van der Waals surface area contributed by atoms with Gasteiger partial charge in [0.05, 0.1) is 17.0 Å². The third-order valence-corrected chi connectivity index (χ3v) is 3.26. The van der Waals surface area contributed by atoms with Crippen LogP contribution in [0.25, 0.3) is 0 Å². The number of pyridine rings is 1. The fourth-order valence-corrected chi connectivity index (χ4v) is 1.87. The van der Waals surface area contributed by atoms with Crippen molar-refractivity contribution < 1.29 is 13.2 Å². The molecule has 1 aromatic rings. The second-order valence-electron chi connectivity index (χ2n) is 4.01. The topological polar surface area (TPSA) is 88.2 Å². The van der Waals surface area contributed by atoms with E-state index in [4.69, 9.17) is 0 Å². The summed E-state index contributed by atoms with van der Waals surface area (Å²) >= 11 is 0. The summed E-state index contributed by atoms with van der Waals surface area (Å²) in [6, 6.07) is 1.76. The van der Waals surface area contributed by atoms with Crippen molar-refractivity contribution in [3.63, 3.8) is 0 Å². The smallest absolute Gasteiger partial charge is 0.254 e. The minimum Gasteiger partial charge on any atom is -0.387 e. The largest absolute Gasteiger partial charge is 0.387 e. The first kappa shape index (κ1) is 14.4. The summed E-state index contributed by atoms with van der Waals surface area (Å²) in [5.74, 6) is -0.414. The van der Waals surface area contributed by atoms with E-state index >= 15 is 0 Å². The molecule has 6 nitrogen and oxygen atoms in total. The van der Waals surface area contributed by atoms with Crippen molar-refractivity contribution in [1.82, 2.24) is 10.3 Å². The summed E-state index contributed by atoms with van der Waals surface area (Å²) in [4.78, 5) is 15.9. The van der Waals surface area contributed by atoms with E-state index in [2.05, 4.69) is 15.6 Å². The van der Waals surface area contributed by atoms with E-state index in [0.29, 0.717) is 11.3 Å². The fourth-order valence-electron chi connectivity index (χ4n) is 1.39. The molecule has 1 amide bonds. The summed E-state index contributed by atoms with van der Waals surface area (Å²) < 4.78 is 21.9. The molecule has 0 bridgehead atoms. The highest BCUT2D eigenvalue weighted by Gasteiger charge is 2.12. The molecule has 0 aromatic carbocycles. The predicted octanol–water partition coefficient (Wildman–Crippen LogP) is 0.206. The number of sulfone groups is 1. The maximum Gasteiger partial charge on any atom is 0.254 e. The first-order valence-corrected chi connectivity index (χ1v) is 7.50. The zero-order valence-electron chi connectivity index (χ0n) is 10.6. The first-order chi connectivity index (χ1) is 8.33. The Hall–Kier alpha value is -1.63. The van der Waals surface area contributed by atoms with Crippen LogP contribution in [-0.4, -0.2) is 44.9 Å². The number of aromatic nitrogens is 1. The van der Waals surface area contributed by atoms with Crippen LogP contribution in [0.5, 0.6) is 0 Å². The average Bonchev–Trinajstić information content (AvgIpc) is 2.26. The molecule has 0 atom stereocenters. The Labute approximate surface area is 107 Å². The highest BCUT2D eigenvalue weighted by Crippen LogP contribution is 2.14. The number of carbonyl (C=O) groups excluding carboxylic acids is 1. The molecular formula is C11H17N3O3S. The van der Waals surface area contributed by atoms with Crippen LogP contribution in [0.4, 0.5) is 5.69 Å². The lowest BCUT2D eigenvalue weighted by Gasteiger charge is -2.09. The third kappa shape index (κ3) is 4.33. The van der Waals surface area contributed by atoms with Crippen molar-refractivity contribution in [1.29, 1.82) is 0 Å². The number of anilines is 1. The SMILES string of the molecule is CNc1cc(C)ncc1C(=O)NCCS(C)(=O)=O. The van der Waals surface area contributed by atoms with Crippen molar-refractivity contribution >= 4 is 21.4 Å². The summed E-state index contributed by atoms with van der Waals surface area (Å²) in [6.45, 7) is 1.92. The third-order valence-electron chi connectivity index (χ3n) is 2.31. The number of rotatable bonds is 5. The molecular weight excluding hydrogens is 254 g/mol. The van der Waals surface area contributed by atoms with Gasteiger partial charge in [0.2, 0.25) is 0 Å². The number of hydrogen-bond acceptors (Lipinski definition) is 5. The van der Waals surface area contributed by atoms with Crippen LogP contribution in [0, 0.1) is 6.92 Å². The number of aryl methyl sites for hydroxylation is 1. The van der Waals surface area contributed by atoms with E-state index in [0.717, 1.165) is 11.9 Å². The maximum absolute atomic E-state index is 11.8. The number of hydrogen-bond donors (Lipinski definition) is 2. The highest BCUT2D eigenvalue weighted by molar-refractivity contribution is 7.90. The van der Waals surface area contributed by atoms with Crippen molar-refractivity contribution in [3.8, 4) is 0 Å². The van der Waals surface area contributed by atoms with Gasteiger partial charge in [-0.05, 0) is 13.0 Å². The van der Waals surface area contributed by atoms with E-state index in [1.807, 2.05) is 6.92 Å². The van der Waals surface area contributed by atoms with Crippen LogP contribution in [0.1, 0.15) is 16.1 Å². The number of nitrogens with zero attached hydrogens (tertiary/aromatic N) is 1. The second-order valence-corrected chi connectivity index (χ2v) is 6.27. The van der Waals surface area contributed by atoms with Crippen molar-refractivity contribution in [3.05, 3.63) is 23.5 Å². The van der Waals surface area contributed by atoms with E-state index in [1.54, 1.807) is 13.1 Å². The Morgan fingerprint density at radius 2 is 2.11 bits per heavy atom. The minimum absolute atomic E-state index is 0.0765. The lowest BCUT2D eigenvalue weighted by atomic mass is 10.2. The van der Waals surface area contributed by atoms with Gasteiger partial charge in [0, 0.05) is 31.7 Å². The van der Waals surface area contributed by atoms with Gasteiger partial charge in [-0.2, -0.15) is 0 Å². The van der Waals surface area contributed by atoms with E-state index in [-0.39, 0.29) is 18.2 Å². The van der Waals surface area contributed by atoms with Gasteiger partial charge in [0.15, 0.2) is 0 Å². The molecule has 0 aliphatic heterocycles. The molecule has 0 radical (unpaired) electrons. The van der Waals surface area contributed by atoms with Gasteiger partial charge in [-0.25, -0.2) is 8.42 Å². The summed E-state index contributed by atoms with van der Waals surface area (Å²) in [7, 11) is -1.36. The standard InChI is InChI=1S/C11H17N3O3S/c1-8-6-10(12-2)9(7-14-8)11(15)13-4-5-18(3,16)17/h6-7H,4-5H2,1-3H3,(H,12,14)(H,13,15). The van der Waals surface area contributed by atoms with E-state index in [9.17, 15) is 13.2 Å². The summed E-state index contributed by atoms with van der Waals surface area (Å²) in [6.07, 6.45) is 2.60. The number of nitrogens with one attached hydrogen (secondary N) is 2. The Morgan fingerprint density at radius 1 is 1.44 bits per heavy atom. The molecule has 2 N–H and O–H groups in total. The Kier molecular flexibility index (Phi) is 4.66. The van der Waals surface area contributed by atoms with Gasteiger partial charge in [-0.1, -0.05) is 0 Å². The Morgan fingerprint density at radius 3 is 2.67 bits per heavy atom. The molecule has 1 rings (SSSR count). The van der Waals surface area contributed by atoms with E-state index in [1.165, 1.54) is 6.20 Å². The van der Waals surface area contributed by atoms with Gasteiger partial charge in [-0.3, -0.25) is 9.78 Å². The normalized spacial score (nSPS) is 11.1. The molecule has 0 aliphatic carbocycles. The molecule has 0 saturated carbocycles. The second kappa shape index (κ2) is 5.81. The quantitative estimate of drug-likeness (QED) is 0.799. The van der Waals surface area contributed by atoms with E-state index < -0.39 is 9.84 Å². The zero-order chi connectivity index (χ0) is 13.8. The first-order valence-electron chi connectivity index (χ1n) is 5.44. The lowest BCUT2D eigenvalue weighted by Crippen LogP contribution is -2.29. The Bertz CT molecular complexity index is 540. The van der Waals surface area contributed by atoms with Crippen LogP contribution in [-0.2, 0) is 9.84 Å². The molecule has 0 aliphatic rings. The van der Waals surface area contributed by atoms with Gasteiger partial charge < -0.3 is 10.6 Å². The van der Waals surface area contributed by atoms with Crippen LogP contribution < -0.4 is 10.6 Å². The van der Waals surface area contributed by atoms with Crippen LogP contribution in [0.3, 0.4) is 0 Å². The molecule has 100 valence electrons. The van der Waals surface area contributed by atoms with Crippen molar-refractivity contribution in [2.45, 2.75) is 6.92 Å². The molecule has 18 heavy (non-hydrogen) atoms. The summed E-state index contributed by atoms with van der Waals surface area (Å²) in [5, 5.41) is 5.46. The molecule has 1 heterocycles. The number of carbonyl (C=O) groups is 1. The monoisotopic (exact) mass is 271 g/mol. The van der Waals surface area contributed by atoms with Crippen molar-refractivity contribution in [2.24, 2.45) is 0 Å². The van der Waals surface area contributed by atoms with Gasteiger partial charge in [0.1, 0.15) is 9.84 Å². The highest BCUT2D eigenvalue weighted by atomic mass is 32.2. The maximum atomic E-state index is 11.8. The number of amides is 1. The molecule has 0 spiro atoms. The zero-order valence-corrected chi connectivity index (χ0v) is 11.5. The van der Waals surface area contributed by atoms with Gasteiger partial charge >= 0.3 is 0 Å². The summed E-state index contributed by atoms with van der Waals surface area (Å²) in [5.41, 5.74) is 1.86. The van der Waals surface area contributed by atoms with Gasteiger partial charge in [0.25, 0.3) is 5.91 Å². The van der Waals surface area contributed by atoms with Crippen LogP contribution in [0.2, 0.25) is 0 Å². The fraction of sp³-hybridized carbons (Fsp3) is 0.455. The molecule has 7 heteroatoms. The average molecular weight is 271 g/mol. The molecule has 1 aromatic heterocycles. The van der Waals surface area contributed by atoms with Crippen LogP contribution >= 0.6 is 0 Å². The molecule has 0 saturated heterocycles. The minimum atomic E-state index is -3.07. The lowest BCUT2D eigenvalue weighted by molar-refractivity contribution is 0.0956.